The molecule has 0 heterocycles. The topological polar surface area (TPSA) is 302 Å². The van der Waals surface area contributed by atoms with Crippen molar-refractivity contribution in [3.63, 3.8) is 0 Å². The van der Waals surface area contributed by atoms with Crippen LogP contribution in [0.2, 0.25) is 0 Å². The Morgan fingerprint density at radius 1 is 0.301 bits per heavy atom. The number of hydrogen-bond acceptors (Lipinski definition) is 23. The van der Waals surface area contributed by atoms with Crippen molar-refractivity contribution >= 4 is 59.7 Å². The summed E-state index contributed by atoms with van der Waals surface area (Å²) >= 11 is 0. The third kappa shape index (κ3) is 25.6. The number of aliphatic hydroxyl groups excluding tert-OH is 1. The summed E-state index contributed by atoms with van der Waals surface area (Å²) in [5.74, 6) is -9.70. The molecule has 400 valence electrons. The molecule has 0 aliphatic carbocycles. The van der Waals surface area contributed by atoms with Crippen molar-refractivity contribution in [2.75, 3.05) is 99.1 Å². The Labute approximate surface area is 421 Å². The van der Waals surface area contributed by atoms with Crippen LogP contribution in [0.1, 0.15) is 6.42 Å². The van der Waals surface area contributed by atoms with Crippen molar-refractivity contribution in [3.05, 3.63) is 126 Å². The molecular weight excluding hydrogens is 969 g/mol. The summed E-state index contributed by atoms with van der Waals surface area (Å²) in [4.78, 5) is 124. The molecule has 0 bridgehead atoms. The number of ether oxygens (including phenoxy) is 12. The fourth-order valence-electron chi connectivity index (χ4n) is 5.40. The SMILES string of the molecule is C=CC(=O)OCC(COCC(COC(=O)C=C)(COC(=O)C=C)COC(=O)C(=C)CC(CO)(COCC(COC(=O)C=C)(COC(=O)C=C)COC(=O)C=C)COC(=O)C=C)(COC(=O)C=C)COC(=O)C=C. The van der Waals surface area contributed by atoms with E-state index in [-0.39, 0.29) is 0 Å². The zero-order valence-corrected chi connectivity index (χ0v) is 40.5. The lowest BCUT2D eigenvalue weighted by atomic mass is 9.83. The van der Waals surface area contributed by atoms with Crippen molar-refractivity contribution in [3.8, 4) is 0 Å². The summed E-state index contributed by atoms with van der Waals surface area (Å²) < 4.78 is 64.9. The van der Waals surface area contributed by atoms with E-state index < -0.39 is 192 Å². The standard InChI is InChI=1S/C50H62O23/c1-11-37(52)64-26-47(21-51,22-62-23-48(27-65-38(53)12-2,28-66-39(54)13-3)29-67-40(55)14-4)20-36(10)46(61)73-35-50(33-71-44(59)18-8,34-72-45(60)19-9)25-63-24-49(30-68-41(56)15-5,31-69-42(57)16-6)32-70-43(58)17-7/h11-19,51H,1-10,20-35H2. The van der Waals surface area contributed by atoms with Gasteiger partial charge in [-0.25, -0.2) is 47.9 Å². The predicted molar refractivity (Wildman–Crippen MR) is 254 cm³/mol. The Morgan fingerprint density at radius 3 is 0.671 bits per heavy atom. The van der Waals surface area contributed by atoms with Crippen LogP contribution in [0.4, 0.5) is 0 Å². The van der Waals surface area contributed by atoms with Gasteiger partial charge in [0.1, 0.15) is 66.1 Å². The minimum Gasteiger partial charge on any atom is -0.462 e. The van der Waals surface area contributed by atoms with Crippen LogP contribution >= 0.6 is 0 Å². The summed E-state index contributed by atoms with van der Waals surface area (Å²) in [5, 5.41) is 10.8. The average molecular weight is 1030 g/mol. The highest BCUT2D eigenvalue weighted by Crippen LogP contribution is 2.31. The molecule has 0 spiro atoms. The van der Waals surface area contributed by atoms with Gasteiger partial charge >= 0.3 is 59.7 Å². The molecule has 0 rings (SSSR count). The Morgan fingerprint density at radius 2 is 0.479 bits per heavy atom. The van der Waals surface area contributed by atoms with Crippen LogP contribution in [-0.4, -0.2) is 164 Å². The highest BCUT2D eigenvalue weighted by Gasteiger charge is 2.43. The zero-order chi connectivity index (χ0) is 55.5. The molecule has 0 aliphatic rings. The van der Waals surface area contributed by atoms with Gasteiger partial charge in [-0.2, -0.15) is 0 Å². The van der Waals surface area contributed by atoms with Gasteiger partial charge in [0.2, 0.25) is 0 Å². The Bertz CT molecular complexity index is 1940. The second kappa shape index (κ2) is 34.3. The summed E-state index contributed by atoms with van der Waals surface area (Å²) in [6.07, 6.45) is 6.82. The van der Waals surface area contributed by atoms with Crippen LogP contribution in [0.15, 0.2) is 126 Å². The quantitative estimate of drug-likeness (QED) is 0.0520. The Hall–Kier alpha value is -8.02. The van der Waals surface area contributed by atoms with Gasteiger partial charge in [-0.3, -0.25) is 0 Å². The minimum absolute atomic E-state index is 0.407. The second-order valence-corrected chi connectivity index (χ2v) is 15.8. The van der Waals surface area contributed by atoms with Crippen molar-refractivity contribution < 1.29 is 110 Å². The monoisotopic (exact) mass is 1030 g/mol. The van der Waals surface area contributed by atoms with Gasteiger partial charge in [0.15, 0.2) is 0 Å². The van der Waals surface area contributed by atoms with Crippen molar-refractivity contribution in [1.82, 2.24) is 0 Å². The molecule has 1 N–H and O–H groups in total. The highest BCUT2D eigenvalue weighted by atomic mass is 16.6. The maximum atomic E-state index is 13.9. The van der Waals surface area contributed by atoms with Crippen LogP contribution in [0, 0.1) is 21.7 Å². The summed E-state index contributed by atoms with van der Waals surface area (Å²) in [6, 6.07) is 0. The van der Waals surface area contributed by atoms with Gasteiger partial charge in [-0.15, -0.1) is 0 Å². The van der Waals surface area contributed by atoms with Gasteiger partial charge in [0, 0.05) is 60.3 Å². The summed E-state index contributed by atoms with van der Waals surface area (Å²) in [5.41, 5.74) is -7.34. The molecule has 0 saturated carbocycles. The van der Waals surface area contributed by atoms with Gasteiger partial charge in [0.05, 0.1) is 54.7 Å². The number of hydrogen-bond donors (Lipinski definition) is 1. The van der Waals surface area contributed by atoms with Gasteiger partial charge < -0.3 is 61.9 Å². The van der Waals surface area contributed by atoms with Gasteiger partial charge in [-0.05, 0) is 6.42 Å². The molecule has 0 amide bonds. The van der Waals surface area contributed by atoms with E-state index in [1.165, 1.54) is 0 Å². The van der Waals surface area contributed by atoms with Crippen molar-refractivity contribution in [2.45, 2.75) is 6.42 Å². The van der Waals surface area contributed by atoms with Crippen LogP contribution in [-0.2, 0) is 105 Å². The van der Waals surface area contributed by atoms with Gasteiger partial charge in [0.25, 0.3) is 0 Å². The maximum absolute atomic E-state index is 13.9. The van der Waals surface area contributed by atoms with E-state index in [0.29, 0.717) is 0 Å². The van der Waals surface area contributed by atoms with Crippen LogP contribution in [0.25, 0.3) is 0 Å². The Kier molecular flexibility index (Phi) is 30.6. The van der Waals surface area contributed by atoms with E-state index in [2.05, 4.69) is 65.8 Å². The molecule has 23 heteroatoms. The molecule has 0 aliphatic heterocycles. The number of aliphatic hydroxyl groups is 1. The maximum Gasteiger partial charge on any atom is 0.333 e. The average Bonchev–Trinajstić information content (AvgIpc) is 3.41. The zero-order valence-electron chi connectivity index (χ0n) is 40.5. The number of carbonyl (C=O) groups excluding carboxylic acids is 10. The molecule has 0 radical (unpaired) electrons. The minimum atomic E-state index is -1.84. The highest BCUT2D eigenvalue weighted by molar-refractivity contribution is 5.88. The van der Waals surface area contributed by atoms with E-state index in [0.717, 1.165) is 54.7 Å². The third-order valence-corrected chi connectivity index (χ3v) is 9.54. The van der Waals surface area contributed by atoms with Crippen molar-refractivity contribution in [2.24, 2.45) is 21.7 Å². The first-order valence-electron chi connectivity index (χ1n) is 21.3. The smallest absolute Gasteiger partial charge is 0.333 e. The molecular formula is C50H62O23. The molecule has 23 nitrogen and oxygen atoms in total. The van der Waals surface area contributed by atoms with Crippen LogP contribution in [0.5, 0.6) is 0 Å². The molecule has 0 aromatic carbocycles. The van der Waals surface area contributed by atoms with E-state index in [9.17, 15) is 53.1 Å². The molecule has 0 aromatic heterocycles. The largest absolute Gasteiger partial charge is 0.462 e. The summed E-state index contributed by atoms with van der Waals surface area (Å²) in [7, 11) is 0. The van der Waals surface area contributed by atoms with Crippen molar-refractivity contribution in [1.29, 1.82) is 0 Å². The molecule has 73 heavy (non-hydrogen) atoms. The second-order valence-electron chi connectivity index (χ2n) is 15.8. The molecule has 1 atom stereocenters. The predicted octanol–water partition coefficient (Wildman–Crippen LogP) is 2.01. The molecule has 0 aromatic rings. The summed E-state index contributed by atoms with van der Waals surface area (Å²) in [6.45, 7) is 23.8. The number of esters is 10. The molecule has 0 saturated heterocycles. The normalized spacial score (nSPS) is 11.6. The van der Waals surface area contributed by atoms with Crippen LogP contribution in [0.3, 0.4) is 0 Å². The number of carbonyl (C=O) groups is 10. The van der Waals surface area contributed by atoms with E-state index >= 15 is 0 Å². The fourth-order valence-corrected chi connectivity index (χ4v) is 5.40. The van der Waals surface area contributed by atoms with Gasteiger partial charge in [-0.1, -0.05) is 65.8 Å². The van der Waals surface area contributed by atoms with E-state index in [4.69, 9.17) is 56.8 Å². The lowest BCUT2D eigenvalue weighted by Crippen LogP contribution is -2.47. The first kappa shape index (κ1) is 65.0. The van der Waals surface area contributed by atoms with E-state index in [1.54, 1.807) is 0 Å². The van der Waals surface area contributed by atoms with Crippen LogP contribution < -0.4 is 0 Å². The molecule has 1 unspecified atom stereocenters. The molecule has 0 fully saturated rings. The fraction of sp³-hybridized carbons (Fsp3) is 0.400. The first-order chi connectivity index (χ1) is 34.6. The van der Waals surface area contributed by atoms with E-state index in [1.807, 2.05) is 0 Å². The lowest BCUT2D eigenvalue weighted by Gasteiger charge is -2.36. The number of rotatable bonds is 41. The Balaban J connectivity index is 7.21. The third-order valence-electron chi connectivity index (χ3n) is 9.54. The first-order valence-corrected chi connectivity index (χ1v) is 21.3. The lowest BCUT2D eigenvalue weighted by molar-refractivity contribution is -0.170.